The van der Waals surface area contributed by atoms with E-state index < -0.39 is 36.1 Å². The molecule has 1 saturated heterocycles. The predicted octanol–water partition coefficient (Wildman–Crippen LogP) is 3.90. The van der Waals surface area contributed by atoms with Gasteiger partial charge in [-0.25, -0.2) is 17.9 Å². The maximum Gasteiger partial charge on any atom is 0.282 e. The van der Waals surface area contributed by atoms with E-state index in [-0.39, 0.29) is 41.6 Å². The van der Waals surface area contributed by atoms with Gasteiger partial charge in [0.25, 0.3) is 17.7 Å². The Balaban J connectivity index is 1.56. The molecule has 1 aliphatic rings. The number of likely N-dealkylation sites (tertiary alicyclic amines) is 1. The average molecular weight is 529 g/mol. The number of benzene rings is 2. The summed E-state index contributed by atoms with van der Waals surface area (Å²) in [5.74, 6) is -5.10. The van der Waals surface area contributed by atoms with Crippen molar-refractivity contribution in [2.75, 3.05) is 18.8 Å². The fourth-order valence-electron chi connectivity index (χ4n) is 4.72. The van der Waals surface area contributed by atoms with E-state index in [1.165, 1.54) is 18.2 Å². The molecule has 2 amide bonds. The van der Waals surface area contributed by atoms with E-state index >= 15 is 8.78 Å². The minimum absolute atomic E-state index is 0.0327. The van der Waals surface area contributed by atoms with Gasteiger partial charge in [0, 0.05) is 30.3 Å². The van der Waals surface area contributed by atoms with Crippen LogP contribution in [0, 0.1) is 12.7 Å². The number of hydrogen-bond donors (Lipinski definition) is 3. The number of anilines is 1. The van der Waals surface area contributed by atoms with Crippen molar-refractivity contribution in [1.29, 1.82) is 0 Å². The van der Waals surface area contributed by atoms with Crippen molar-refractivity contribution in [3.63, 3.8) is 0 Å². The molecule has 1 atom stereocenters. The van der Waals surface area contributed by atoms with E-state index in [4.69, 9.17) is 11.5 Å². The van der Waals surface area contributed by atoms with Crippen molar-refractivity contribution in [2.24, 2.45) is 5.73 Å². The fourth-order valence-corrected chi connectivity index (χ4v) is 4.72. The summed E-state index contributed by atoms with van der Waals surface area (Å²) < 4.78 is 44.8. The minimum atomic E-state index is -3.11. The number of nitrogens with two attached hydrogens (primary N) is 2. The highest BCUT2D eigenvalue weighted by atomic mass is 19.3. The van der Waals surface area contributed by atoms with Gasteiger partial charge in [0.05, 0.1) is 6.54 Å². The van der Waals surface area contributed by atoms with Crippen molar-refractivity contribution in [3.05, 3.63) is 70.5 Å². The first-order valence-corrected chi connectivity index (χ1v) is 12.3. The van der Waals surface area contributed by atoms with Crippen LogP contribution < -0.4 is 16.8 Å². The van der Waals surface area contributed by atoms with Crippen molar-refractivity contribution in [3.8, 4) is 11.3 Å². The smallest absolute Gasteiger partial charge is 0.282 e. The number of aromatic nitrogens is 2. The van der Waals surface area contributed by atoms with Crippen LogP contribution >= 0.6 is 0 Å². The van der Waals surface area contributed by atoms with Crippen molar-refractivity contribution < 1.29 is 22.8 Å². The summed E-state index contributed by atoms with van der Waals surface area (Å²) in [4.78, 5) is 26.4. The van der Waals surface area contributed by atoms with Crippen LogP contribution in [0.4, 0.5) is 19.0 Å². The van der Waals surface area contributed by atoms with Crippen LogP contribution in [0.1, 0.15) is 58.2 Å². The molecule has 1 unspecified atom stereocenters. The lowest BCUT2D eigenvalue weighted by Gasteiger charge is -2.40. The molecule has 2 aromatic carbocycles. The van der Waals surface area contributed by atoms with Gasteiger partial charge in [0.1, 0.15) is 28.9 Å². The molecule has 202 valence electrons. The summed E-state index contributed by atoms with van der Waals surface area (Å²) in [5.41, 5.74) is 13.8. The number of halogens is 3. The molecule has 4 rings (SSSR count). The van der Waals surface area contributed by atoms with Crippen LogP contribution in [-0.2, 0) is 6.54 Å². The van der Waals surface area contributed by atoms with Crippen LogP contribution in [0.25, 0.3) is 11.3 Å². The molecule has 0 radical (unpaired) electrons. The number of hydrogen-bond acceptors (Lipinski definition) is 5. The van der Waals surface area contributed by atoms with E-state index in [0.29, 0.717) is 17.7 Å². The second kappa shape index (κ2) is 10.5. The summed E-state index contributed by atoms with van der Waals surface area (Å²) >= 11 is 0. The molecule has 11 heteroatoms. The molecule has 0 bridgehead atoms. The number of rotatable bonds is 7. The standard InChI is InChI=1S/C27H31F3N6O2/c1-15(2)35-11-10-21(27(29,30)14-35)36-24(31)22(25(32)37)23(34-36)18-7-5-17(6-8-18)13-33-26(38)20-12-19(28)9-4-16(20)3/h4-9,12,15,21H,10-11,13-14,31H2,1-3H3,(H2,32,37)(H,33,38). The first kappa shape index (κ1) is 27.2. The van der Waals surface area contributed by atoms with Gasteiger partial charge < -0.3 is 16.8 Å². The predicted molar refractivity (Wildman–Crippen MR) is 138 cm³/mol. The normalized spacial score (nSPS) is 17.5. The molecule has 1 aromatic heterocycles. The van der Waals surface area contributed by atoms with Crippen molar-refractivity contribution in [1.82, 2.24) is 20.0 Å². The van der Waals surface area contributed by atoms with Gasteiger partial charge in [-0.1, -0.05) is 30.3 Å². The highest BCUT2D eigenvalue weighted by Crippen LogP contribution is 2.40. The molecule has 2 heterocycles. The molecule has 3 aromatic rings. The number of primary amides is 1. The maximum absolute atomic E-state index is 15.1. The lowest BCUT2D eigenvalue weighted by molar-refractivity contribution is -0.112. The molecular formula is C27H31F3N6O2. The number of carbonyl (C=O) groups excluding carboxylic acids is 2. The van der Waals surface area contributed by atoms with Gasteiger partial charge in [-0.05, 0) is 50.5 Å². The third-order valence-corrected chi connectivity index (χ3v) is 6.94. The summed E-state index contributed by atoms with van der Waals surface area (Å²) in [6.07, 6.45) is 0.109. The third kappa shape index (κ3) is 5.38. The fraction of sp³-hybridized carbons (Fsp3) is 0.370. The number of carbonyl (C=O) groups is 2. The summed E-state index contributed by atoms with van der Waals surface area (Å²) in [5, 5.41) is 7.08. The van der Waals surface area contributed by atoms with Crippen LogP contribution in [0.3, 0.4) is 0 Å². The molecule has 0 saturated carbocycles. The molecule has 0 aliphatic carbocycles. The molecule has 0 spiro atoms. The monoisotopic (exact) mass is 528 g/mol. The lowest BCUT2D eigenvalue weighted by Crippen LogP contribution is -2.51. The highest BCUT2D eigenvalue weighted by molar-refractivity contribution is 6.03. The maximum atomic E-state index is 15.1. The van der Waals surface area contributed by atoms with Gasteiger partial charge in [-0.2, -0.15) is 5.10 Å². The van der Waals surface area contributed by atoms with Gasteiger partial charge >= 0.3 is 0 Å². The minimum Gasteiger partial charge on any atom is -0.383 e. The Morgan fingerprint density at radius 3 is 2.47 bits per heavy atom. The first-order chi connectivity index (χ1) is 17.9. The Morgan fingerprint density at radius 1 is 1.18 bits per heavy atom. The van der Waals surface area contributed by atoms with Crippen LogP contribution in [0.15, 0.2) is 42.5 Å². The van der Waals surface area contributed by atoms with Crippen LogP contribution in [0.5, 0.6) is 0 Å². The first-order valence-electron chi connectivity index (χ1n) is 12.3. The zero-order valence-electron chi connectivity index (χ0n) is 21.5. The number of nitrogen functional groups attached to an aromatic ring is 1. The molecule has 38 heavy (non-hydrogen) atoms. The highest BCUT2D eigenvalue weighted by Gasteiger charge is 2.48. The van der Waals surface area contributed by atoms with E-state index in [1.54, 1.807) is 36.1 Å². The molecule has 1 fully saturated rings. The quantitative estimate of drug-likeness (QED) is 0.430. The lowest BCUT2D eigenvalue weighted by atomic mass is 9.99. The Bertz CT molecular complexity index is 1350. The number of nitrogens with zero attached hydrogens (tertiary/aromatic N) is 3. The van der Waals surface area contributed by atoms with Crippen molar-refractivity contribution in [2.45, 2.75) is 51.7 Å². The number of nitrogens with one attached hydrogen (secondary N) is 1. The Hall–Kier alpha value is -3.86. The topological polar surface area (TPSA) is 119 Å². The second-order valence-electron chi connectivity index (χ2n) is 9.89. The molecular weight excluding hydrogens is 497 g/mol. The molecule has 5 N–H and O–H groups in total. The summed E-state index contributed by atoms with van der Waals surface area (Å²) in [6.45, 7) is 5.60. The number of amides is 2. The van der Waals surface area contributed by atoms with Crippen molar-refractivity contribution >= 4 is 17.6 Å². The summed E-state index contributed by atoms with van der Waals surface area (Å²) in [6, 6.07) is 9.34. The number of piperidine rings is 1. The third-order valence-electron chi connectivity index (χ3n) is 6.94. The van der Waals surface area contributed by atoms with E-state index in [0.717, 1.165) is 10.2 Å². The van der Waals surface area contributed by atoms with Gasteiger partial charge in [-0.3, -0.25) is 14.5 Å². The zero-order valence-corrected chi connectivity index (χ0v) is 21.5. The Morgan fingerprint density at radius 2 is 1.87 bits per heavy atom. The summed E-state index contributed by atoms with van der Waals surface area (Å²) in [7, 11) is 0. The second-order valence-corrected chi connectivity index (χ2v) is 9.89. The molecule has 1 aliphatic heterocycles. The number of alkyl halides is 2. The van der Waals surface area contributed by atoms with E-state index in [2.05, 4.69) is 10.4 Å². The SMILES string of the molecule is Cc1ccc(F)cc1C(=O)NCc1ccc(-c2nn(C3CCN(C(C)C)CC3(F)F)c(N)c2C(N)=O)cc1. The average Bonchev–Trinajstić information content (AvgIpc) is 3.20. The van der Waals surface area contributed by atoms with Crippen LogP contribution in [-0.4, -0.2) is 51.5 Å². The van der Waals surface area contributed by atoms with E-state index in [1.807, 2.05) is 13.8 Å². The zero-order chi connectivity index (χ0) is 27.8. The van der Waals surface area contributed by atoms with Gasteiger partial charge in [-0.15, -0.1) is 0 Å². The van der Waals surface area contributed by atoms with E-state index in [9.17, 15) is 14.0 Å². The largest absolute Gasteiger partial charge is 0.383 e. The van der Waals surface area contributed by atoms with Gasteiger partial charge in [0.2, 0.25) is 0 Å². The van der Waals surface area contributed by atoms with Crippen LogP contribution in [0.2, 0.25) is 0 Å². The Kier molecular flexibility index (Phi) is 7.50. The number of aryl methyl sites for hydroxylation is 1. The molecule has 8 nitrogen and oxygen atoms in total. The Labute approximate surface area is 218 Å². The van der Waals surface area contributed by atoms with Gasteiger partial charge in [0.15, 0.2) is 0 Å².